The predicted molar refractivity (Wildman–Crippen MR) is 69.1 cm³/mol. The SMILES string of the molecule is NNc1ncc(CN2CCn3c(nnc3C(F)(F)F)C2)s1. The van der Waals surface area contributed by atoms with E-state index < -0.39 is 12.0 Å². The highest BCUT2D eigenvalue weighted by molar-refractivity contribution is 7.15. The maximum absolute atomic E-state index is 12.7. The van der Waals surface area contributed by atoms with Gasteiger partial charge in [-0.2, -0.15) is 13.2 Å². The van der Waals surface area contributed by atoms with Gasteiger partial charge in [-0.25, -0.2) is 10.8 Å². The van der Waals surface area contributed by atoms with Crippen LogP contribution in [-0.4, -0.2) is 31.2 Å². The van der Waals surface area contributed by atoms with Crippen LogP contribution in [-0.2, 0) is 25.8 Å². The molecule has 0 fully saturated rings. The third kappa shape index (κ3) is 2.84. The number of rotatable bonds is 3. The summed E-state index contributed by atoms with van der Waals surface area (Å²) in [5.41, 5.74) is 2.46. The Morgan fingerprint density at radius 1 is 1.33 bits per heavy atom. The third-order valence-corrected chi connectivity index (χ3v) is 4.06. The second-order valence-electron chi connectivity index (χ2n) is 4.58. The number of hydrogen-bond donors (Lipinski definition) is 2. The molecule has 0 saturated heterocycles. The van der Waals surface area contributed by atoms with Gasteiger partial charge in [0.15, 0.2) is 5.13 Å². The number of aromatic nitrogens is 4. The quantitative estimate of drug-likeness (QED) is 0.650. The van der Waals surface area contributed by atoms with E-state index in [1.165, 1.54) is 11.3 Å². The van der Waals surface area contributed by atoms with Crippen molar-refractivity contribution in [2.45, 2.75) is 25.8 Å². The third-order valence-electron chi connectivity index (χ3n) is 3.14. The molecule has 114 valence electrons. The highest BCUT2D eigenvalue weighted by atomic mass is 32.1. The minimum absolute atomic E-state index is 0.220. The van der Waals surface area contributed by atoms with Crippen molar-refractivity contribution in [3.8, 4) is 0 Å². The van der Waals surface area contributed by atoms with Gasteiger partial charge in [0.2, 0.25) is 5.82 Å². The average Bonchev–Trinajstić information content (AvgIpc) is 3.03. The van der Waals surface area contributed by atoms with Gasteiger partial charge in [-0.1, -0.05) is 11.3 Å². The molecule has 3 heterocycles. The predicted octanol–water partition coefficient (Wildman–Crippen LogP) is 1.05. The van der Waals surface area contributed by atoms with Crippen LogP contribution < -0.4 is 11.3 Å². The zero-order valence-corrected chi connectivity index (χ0v) is 11.6. The van der Waals surface area contributed by atoms with Crippen molar-refractivity contribution in [2.24, 2.45) is 5.84 Å². The highest BCUT2D eigenvalue weighted by Gasteiger charge is 2.39. The van der Waals surface area contributed by atoms with Crippen LogP contribution in [0, 0.1) is 0 Å². The first-order chi connectivity index (χ1) is 9.97. The smallest absolute Gasteiger partial charge is 0.305 e. The second-order valence-corrected chi connectivity index (χ2v) is 5.69. The lowest BCUT2D eigenvalue weighted by Gasteiger charge is -2.27. The van der Waals surface area contributed by atoms with Gasteiger partial charge in [-0.3, -0.25) is 10.3 Å². The molecule has 0 atom stereocenters. The van der Waals surface area contributed by atoms with Gasteiger partial charge < -0.3 is 4.57 Å². The first-order valence-corrected chi connectivity index (χ1v) is 6.92. The summed E-state index contributed by atoms with van der Waals surface area (Å²) in [4.78, 5) is 7.03. The van der Waals surface area contributed by atoms with Gasteiger partial charge in [-0.05, 0) is 0 Å². The zero-order chi connectivity index (χ0) is 15.0. The van der Waals surface area contributed by atoms with E-state index in [1.807, 2.05) is 4.90 Å². The lowest BCUT2D eigenvalue weighted by atomic mass is 10.3. The molecule has 0 bridgehead atoms. The van der Waals surface area contributed by atoms with E-state index in [4.69, 9.17) is 5.84 Å². The van der Waals surface area contributed by atoms with E-state index in [9.17, 15) is 13.2 Å². The maximum Gasteiger partial charge on any atom is 0.451 e. The fraction of sp³-hybridized carbons (Fsp3) is 0.500. The number of anilines is 1. The molecule has 7 nitrogen and oxygen atoms in total. The molecule has 0 radical (unpaired) electrons. The fourth-order valence-corrected chi connectivity index (χ4v) is 2.99. The molecule has 2 aromatic heterocycles. The summed E-state index contributed by atoms with van der Waals surface area (Å²) < 4.78 is 39.3. The largest absolute Gasteiger partial charge is 0.451 e. The Hall–Kier alpha value is -1.72. The fourth-order valence-electron chi connectivity index (χ4n) is 2.22. The number of hydrogen-bond acceptors (Lipinski definition) is 7. The van der Waals surface area contributed by atoms with E-state index in [-0.39, 0.29) is 6.54 Å². The zero-order valence-electron chi connectivity index (χ0n) is 10.8. The molecule has 0 aliphatic carbocycles. The summed E-state index contributed by atoms with van der Waals surface area (Å²) >= 11 is 1.41. The molecule has 0 amide bonds. The van der Waals surface area contributed by atoms with Crippen molar-refractivity contribution in [1.82, 2.24) is 24.6 Å². The van der Waals surface area contributed by atoms with E-state index in [2.05, 4.69) is 20.6 Å². The van der Waals surface area contributed by atoms with E-state index >= 15 is 0 Å². The van der Waals surface area contributed by atoms with E-state index in [0.29, 0.717) is 30.6 Å². The van der Waals surface area contributed by atoms with Crippen LogP contribution >= 0.6 is 11.3 Å². The monoisotopic (exact) mass is 319 g/mol. The summed E-state index contributed by atoms with van der Waals surface area (Å²) in [5.74, 6) is 4.66. The van der Waals surface area contributed by atoms with Gasteiger partial charge in [0.25, 0.3) is 0 Å². The molecule has 3 rings (SSSR count). The lowest BCUT2D eigenvalue weighted by molar-refractivity contribution is -0.148. The molecule has 21 heavy (non-hydrogen) atoms. The van der Waals surface area contributed by atoms with Gasteiger partial charge >= 0.3 is 6.18 Å². The number of nitrogens with one attached hydrogen (secondary N) is 1. The van der Waals surface area contributed by atoms with E-state index in [0.717, 1.165) is 9.44 Å². The number of thiazole rings is 1. The molecular formula is C10H12F3N7S. The number of nitrogens with two attached hydrogens (primary N) is 1. The maximum atomic E-state index is 12.7. The number of fused-ring (bicyclic) bond motifs is 1. The van der Waals surface area contributed by atoms with Crippen molar-refractivity contribution in [2.75, 3.05) is 12.0 Å². The van der Waals surface area contributed by atoms with Crippen LogP contribution in [0.15, 0.2) is 6.20 Å². The van der Waals surface area contributed by atoms with Gasteiger partial charge in [0.05, 0.1) is 6.54 Å². The summed E-state index contributed by atoms with van der Waals surface area (Å²) in [6.07, 6.45) is -2.77. The van der Waals surface area contributed by atoms with Crippen LogP contribution in [0.25, 0.3) is 0 Å². The lowest BCUT2D eigenvalue weighted by Crippen LogP contribution is -2.34. The van der Waals surface area contributed by atoms with Gasteiger partial charge in [0.1, 0.15) is 5.82 Å². The number of nitrogens with zero attached hydrogens (tertiary/aromatic N) is 5. The molecule has 1 aliphatic rings. The standard InChI is InChI=1S/C10H12F3N7S/c11-10(12,13)8-18-17-7-5-19(1-2-20(7)8)4-6-3-15-9(16-14)21-6/h3H,1-2,4-5,14H2,(H,15,16). The molecule has 2 aromatic rings. The second kappa shape index (κ2) is 5.24. The van der Waals surface area contributed by atoms with Crippen LogP contribution in [0.1, 0.15) is 16.5 Å². The van der Waals surface area contributed by atoms with Crippen molar-refractivity contribution >= 4 is 16.5 Å². The summed E-state index contributed by atoms with van der Waals surface area (Å²) in [7, 11) is 0. The van der Waals surface area contributed by atoms with Crippen molar-refractivity contribution in [3.63, 3.8) is 0 Å². The molecule has 0 saturated carbocycles. The first-order valence-electron chi connectivity index (χ1n) is 6.10. The minimum Gasteiger partial charge on any atom is -0.305 e. The molecule has 0 spiro atoms. The number of halogens is 3. The van der Waals surface area contributed by atoms with Crippen LogP contribution in [0.3, 0.4) is 0 Å². The Morgan fingerprint density at radius 2 is 2.14 bits per heavy atom. The Balaban J connectivity index is 1.72. The minimum atomic E-state index is -4.47. The molecule has 0 unspecified atom stereocenters. The molecule has 1 aliphatic heterocycles. The molecule has 3 N–H and O–H groups in total. The molecule has 11 heteroatoms. The molecule has 0 aromatic carbocycles. The Kier molecular flexibility index (Phi) is 3.55. The van der Waals surface area contributed by atoms with Crippen molar-refractivity contribution in [1.29, 1.82) is 0 Å². The van der Waals surface area contributed by atoms with Crippen LogP contribution in [0.2, 0.25) is 0 Å². The summed E-state index contributed by atoms with van der Waals surface area (Å²) in [6, 6.07) is 0. The van der Waals surface area contributed by atoms with Crippen molar-refractivity contribution < 1.29 is 13.2 Å². The van der Waals surface area contributed by atoms with E-state index in [1.54, 1.807) is 6.20 Å². The van der Waals surface area contributed by atoms with Crippen LogP contribution in [0.5, 0.6) is 0 Å². The van der Waals surface area contributed by atoms with Gasteiger partial charge in [0, 0.05) is 30.7 Å². The number of hydrazine groups is 1. The number of nitrogen functional groups attached to an aromatic ring is 1. The topological polar surface area (TPSA) is 84.9 Å². The summed E-state index contributed by atoms with van der Waals surface area (Å²) in [6.45, 7) is 1.63. The normalized spacial score (nSPS) is 16.0. The van der Waals surface area contributed by atoms with Crippen LogP contribution in [0.4, 0.5) is 18.3 Å². The Morgan fingerprint density at radius 3 is 2.81 bits per heavy atom. The average molecular weight is 319 g/mol. The van der Waals surface area contributed by atoms with Gasteiger partial charge in [-0.15, -0.1) is 10.2 Å². The Bertz CT molecular complexity index is 635. The van der Waals surface area contributed by atoms with Crippen molar-refractivity contribution in [3.05, 3.63) is 22.7 Å². The molecular weight excluding hydrogens is 307 g/mol. The number of alkyl halides is 3. The highest BCUT2D eigenvalue weighted by Crippen LogP contribution is 2.30. The Labute approximate surface area is 121 Å². The summed E-state index contributed by atoms with van der Waals surface area (Å²) in [5, 5.41) is 7.50. The first kappa shape index (κ1) is 14.2.